The summed E-state index contributed by atoms with van der Waals surface area (Å²) in [5.41, 5.74) is 0.565. The fourth-order valence-corrected chi connectivity index (χ4v) is 1.87. The van der Waals surface area contributed by atoms with Crippen LogP contribution in [-0.4, -0.2) is 35.6 Å². The van der Waals surface area contributed by atoms with Crippen molar-refractivity contribution in [2.24, 2.45) is 0 Å². The molecule has 0 bridgehead atoms. The normalized spacial score (nSPS) is 14.3. The molecule has 0 spiro atoms. The van der Waals surface area contributed by atoms with Crippen LogP contribution in [-0.2, 0) is 16.1 Å². The summed E-state index contributed by atoms with van der Waals surface area (Å²) in [6, 6.07) is 8.91. The Labute approximate surface area is 126 Å². The van der Waals surface area contributed by atoms with Crippen LogP contribution in [0.5, 0.6) is 0 Å². The minimum absolute atomic E-state index is 0.194. The summed E-state index contributed by atoms with van der Waals surface area (Å²) in [5.74, 6) is 0. The van der Waals surface area contributed by atoms with E-state index in [4.69, 9.17) is 9.47 Å². The maximum atomic E-state index is 11.8. The molecular weight excluding hydrogens is 270 g/mol. The predicted octanol–water partition coefficient (Wildman–Crippen LogP) is 2.48. The van der Waals surface area contributed by atoms with E-state index >= 15 is 0 Å². The van der Waals surface area contributed by atoms with Gasteiger partial charge in [0, 0.05) is 0 Å². The number of aliphatic hydroxyl groups is 1. The smallest absolute Gasteiger partial charge is 0.407 e. The van der Waals surface area contributed by atoms with E-state index in [2.05, 4.69) is 5.32 Å². The molecular formula is C16H25NO4. The molecule has 5 heteroatoms. The van der Waals surface area contributed by atoms with E-state index in [0.29, 0.717) is 0 Å². The molecule has 1 amide bonds. The van der Waals surface area contributed by atoms with Crippen LogP contribution < -0.4 is 5.32 Å². The summed E-state index contributed by atoms with van der Waals surface area (Å²) in [6.45, 7) is 7.56. The van der Waals surface area contributed by atoms with Gasteiger partial charge >= 0.3 is 6.09 Å². The third-order valence-corrected chi connectivity index (χ3v) is 2.82. The Bertz CT molecular complexity index is 428. The summed E-state index contributed by atoms with van der Waals surface area (Å²) < 4.78 is 10.8. The number of nitrogens with one attached hydrogen (secondary N) is 1. The predicted molar refractivity (Wildman–Crippen MR) is 80.9 cm³/mol. The van der Waals surface area contributed by atoms with E-state index in [-0.39, 0.29) is 24.9 Å². The molecule has 0 heterocycles. The molecule has 0 aliphatic rings. The largest absolute Gasteiger partial charge is 0.445 e. The molecule has 0 fully saturated rings. The van der Waals surface area contributed by atoms with Crippen molar-refractivity contribution in [3.8, 4) is 0 Å². The van der Waals surface area contributed by atoms with Crippen molar-refractivity contribution in [3.63, 3.8) is 0 Å². The van der Waals surface area contributed by atoms with Gasteiger partial charge in [0.15, 0.2) is 0 Å². The summed E-state index contributed by atoms with van der Waals surface area (Å²) in [6.07, 6.45) is -0.887. The van der Waals surface area contributed by atoms with E-state index in [1.165, 1.54) is 0 Å². The molecule has 21 heavy (non-hydrogen) atoms. The number of ether oxygens (including phenoxy) is 2. The van der Waals surface area contributed by atoms with Gasteiger partial charge in [-0.25, -0.2) is 4.79 Å². The number of hydrogen-bond donors (Lipinski definition) is 2. The van der Waals surface area contributed by atoms with Crippen LogP contribution in [0.4, 0.5) is 4.79 Å². The van der Waals surface area contributed by atoms with Crippen LogP contribution in [0.25, 0.3) is 0 Å². The Morgan fingerprint density at radius 3 is 2.43 bits per heavy atom. The number of carbonyl (C=O) groups excluding carboxylic acids is 1. The molecule has 1 aromatic carbocycles. The number of aliphatic hydroxyl groups excluding tert-OH is 1. The SMILES string of the molecule is C[C@H](OC(C)(C)C)[C@@H](CO)NC(=O)OCc1ccccc1. The highest BCUT2D eigenvalue weighted by Crippen LogP contribution is 2.13. The molecule has 0 aliphatic heterocycles. The average molecular weight is 295 g/mol. The zero-order chi connectivity index (χ0) is 15.9. The van der Waals surface area contributed by atoms with E-state index in [0.717, 1.165) is 5.56 Å². The number of amides is 1. The number of benzene rings is 1. The van der Waals surface area contributed by atoms with Gasteiger partial charge in [-0.2, -0.15) is 0 Å². The van der Waals surface area contributed by atoms with Crippen molar-refractivity contribution in [2.75, 3.05) is 6.61 Å². The molecule has 0 aromatic heterocycles. The lowest BCUT2D eigenvalue weighted by Crippen LogP contribution is -2.48. The summed E-state index contributed by atoms with van der Waals surface area (Å²) in [5, 5.41) is 12.0. The highest BCUT2D eigenvalue weighted by atomic mass is 16.6. The van der Waals surface area contributed by atoms with Gasteiger partial charge in [-0.3, -0.25) is 0 Å². The summed E-state index contributed by atoms with van der Waals surface area (Å²) in [4.78, 5) is 11.8. The Hall–Kier alpha value is -1.59. The Kier molecular flexibility index (Phi) is 6.65. The lowest BCUT2D eigenvalue weighted by molar-refractivity contribution is -0.0722. The van der Waals surface area contributed by atoms with Crippen molar-refractivity contribution in [2.45, 2.75) is 52.0 Å². The molecule has 1 rings (SSSR count). The standard InChI is InChI=1S/C16H25NO4/c1-12(21-16(2,3)4)14(10-18)17-15(19)20-11-13-8-6-5-7-9-13/h5-9,12,14,18H,10-11H2,1-4H3,(H,17,19)/t12-,14+/m0/s1. The third-order valence-electron chi connectivity index (χ3n) is 2.82. The van der Waals surface area contributed by atoms with Crippen molar-refractivity contribution >= 4 is 6.09 Å². The fraction of sp³-hybridized carbons (Fsp3) is 0.562. The molecule has 0 saturated carbocycles. The second-order valence-corrected chi connectivity index (χ2v) is 5.93. The Morgan fingerprint density at radius 2 is 1.90 bits per heavy atom. The van der Waals surface area contributed by atoms with Gasteiger partial charge in [0.25, 0.3) is 0 Å². The fourth-order valence-electron chi connectivity index (χ4n) is 1.87. The molecule has 2 N–H and O–H groups in total. The van der Waals surface area contributed by atoms with Gasteiger partial charge in [0.1, 0.15) is 6.61 Å². The number of rotatable bonds is 6. The second kappa shape index (κ2) is 8.00. The van der Waals surface area contributed by atoms with Crippen LogP contribution in [0.15, 0.2) is 30.3 Å². The number of alkyl carbamates (subject to hydrolysis) is 1. The quantitative estimate of drug-likeness (QED) is 0.846. The van der Waals surface area contributed by atoms with Crippen LogP contribution in [0.2, 0.25) is 0 Å². The maximum absolute atomic E-state index is 11.8. The lowest BCUT2D eigenvalue weighted by Gasteiger charge is -2.30. The molecule has 0 aliphatic carbocycles. The minimum Gasteiger partial charge on any atom is -0.445 e. The molecule has 118 valence electrons. The zero-order valence-corrected chi connectivity index (χ0v) is 13.1. The molecule has 0 saturated heterocycles. The van der Waals surface area contributed by atoms with E-state index in [1.807, 2.05) is 58.0 Å². The van der Waals surface area contributed by atoms with Gasteiger partial charge in [0.2, 0.25) is 0 Å². The second-order valence-electron chi connectivity index (χ2n) is 5.93. The summed E-state index contributed by atoms with van der Waals surface area (Å²) >= 11 is 0. The van der Waals surface area contributed by atoms with Crippen LogP contribution in [0.1, 0.15) is 33.3 Å². The van der Waals surface area contributed by atoms with Crippen molar-refractivity contribution < 1.29 is 19.4 Å². The van der Waals surface area contributed by atoms with Gasteiger partial charge in [-0.05, 0) is 33.3 Å². The monoisotopic (exact) mass is 295 g/mol. The first kappa shape index (κ1) is 17.5. The van der Waals surface area contributed by atoms with E-state index < -0.39 is 12.1 Å². The Balaban J connectivity index is 2.43. The highest BCUT2D eigenvalue weighted by molar-refractivity contribution is 5.67. The zero-order valence-electron chi connectivity index (χ0n) is 13.1. The first-order chi connectivity index (χ1) is 9.81. The van der Waals surface area contributed by atoms with Crippen LogP contribution >= 0.6 is 0 Å². The van der Waals surface area contributed by atoms with Crippen molar-refractivity contribution in [1.82, 2.24) is 5.32 Å². The van der Waals surface area contributed by atoms with Crippen molar-refractivity contribution in [3.05, 3.63) is 35.9 Å². The van der Waals surface area contributed by atoms with E-state index in [9.17, 15) is 9.90 Å². The highest BCUT2D eigenvalue weighted by Gasteiger charge is 2.24. The van der Waals surface area contributed by atoms with Crippen LogP contribution in [0.3, 0.4) is 0 Å². The molecule has 0 radical (unpaired) electrons. The van der Waals surface area contributed by atoms with E-state index in [1.54, 1.807) is 0 Å². The van der Waals surface area contributed by atoms with Gasteiger partial charge in [0.05, 0.1) is 24.4 Å². The lowest BCUT2D eigenvalue weighted by atomic mass is 10.1. The molecule has 5 nitrogen and oxygen atoms in total. The summed E-state index contributed by atoms with van der Waals surface area (Å²) in [7, 11) is 0. The van der Waals surface area contributed by atoms with Crippen LogP contribution in [0, 0.1) is 0 Å². The Morgan fingerprint density at radius 1 is 1.29 bits per heavy atom. The first-order valence-corrected chi connectivity index (χ1v) is 7.07. The van der Waals surface area contributed by atoms with Gasteiger partial charge < -0.3 is 19.9 Å². The minimum atomic E-state index is -0.567. The first-order valence-electron chi connectivity index (χ1n) is 7.07. The number of hydrogen-bond acceptors (Lipinski definition) is 4. The van der Waals surface area contributed by atoms with Crippen molar-refractivity contribution in [1.29, 1.82) is 0 Å². The topological polar surface area (TPSA) is 67.8 Å². The average Bonchev–Trinajstić information content (AvgIpc) is 2.41. The van der Waals surface area contributed by atoms with Gasteiger partial charge in [-0.1, -0.05) is 30.3 Å². The molecule has 2 atom stereocenters. The van der Waals surface area contributed by atoms with Gasteiger partial charge in [-0.15, -0.1) is 0 Å². The number of carbonyl (C=O) groups is 1. The maximum Gasteiger partial charge on any atom is 0.407 e. The third kappa shape index (κ3) is 7.11. The molecule has 1 aromatic rings. The molecule has 0 unspecified atom stereocenters.